The minimum absolute atomic E-state index is 0.0134. The molecule has 218 valence electrons. The maximum atomic E-state index is 14.4. The molecule has 1 saturated carbocycles. The molecule has 2 heterocycles. The van der Waals surface area contributed by atoms with Gasteiger partial charge >= 0.3 is 5.97 Å². The van der Waals surface area contributed by atoms with Gasteiger partial charge in [0.1, 0.15) is 0 Å². The van der Waals surface area contributed by atoms with Gasteiger partial charge in [-0.2, -0.15) is 0 Å². The SMILES string of the molecule is COc1cccc(C2C3=CCC4C(=O)N(CCCC(=O)O)C(=O)C4C3CC3C(=O)N(c4ccccc4)C(=O)C32C)c1O. The van der Waals surface area contributed by atoms with Crippen molar-refractivity contribution in [1.82, 2.24) is 4.90 Å². The molecule has 42 heavy (non-hydrogen) atoms. The lowest BCUT2D eigenvalue weighted by Crippen LogP contribution is -2.48. The van der Waals surface area contributed by atoms with E-state index in [1.54, 1.807) is 55.5 Å². The normalized spacial score (nSPS) is 30.1. The topological polar surface area (TPSA) is 142 Å². The number of ether oxygens (including phenoxy) is 1. The molecule has 0 spiro atoms. The van der Waals surface area contributed by atoms with Crippen LogP contribution in [0.3, 0.4) is 0 Å². The summed E-state index contributed by atoms with van der Waals surface area (Å²) in [5, 5.41) is 20.4. The number of imide groups is 2. The largest absolute Gasteiger partial charge is 0.504 e. The highest BCUT2D eigenvalue weighted by molar-refractivity contribution is 6.24. The number of benzene rings is 2. The fraction of sp³-hybridized carbons (Fsp3) is 0.406. The van der Waals surface area contributed by atoms with Crippen molar-refractivity contribution >= 4 is 35.3 Å². The molecule has 2 saturated heterocycles. The molecule has 4 amide bonds. The minimum atomic E-state index is -1.28. The Morgan fingerprint density at radius 3 is 2.43 bits per heavy atom. The number of fused-ring (bicyclic) bond motifs is 4. The number of para-hydroxylation sites is 2. The summed E-state index contributed by atoms with van der Waals surface area (Å²) in [6, 6.07) is 13.7. The zero-order valence-corrected chi connectivity index (χ0v) is 23.4. The number of allylic oxidation sites excluding steroid dienone is 2. The second kappa shape index (κ2) is 10.1. The first-order chi connectivity index (χ1) is 20.1. The molecule has 0 bridgehead atoms. The lowest BCUT2D eigenvalue weighted by Gasteiger charge is -2.49. The Bertz CT molecular complexity index is 1530. The second-order valence-electron chi connectivity index (χ2n) is 11.7. The summed E-state index contributed by atoms with van der Waals surface area (Å²) in [7, 11) is 1.43. The van der Waals surface area contributed by atoms with Crippen molar-refractivity contribution < 1.29 is 38.9 Å². The number of phenols is 1. The van der Waals surface area contributed by atoms with E-state index in [9.17, 15) is 29.1 Å². The highest BCUT2D eigenvalue weighted by Crippen LogP contribution is 2.64. The standard InChI is InChI=1S/C32H32N2O8/c1-32-22(29(39)34(31(32)41)17-8-4-3-5-9-17)16-21-18(26(32)20-10-6-11-23(42-2)27(20)37)13-14-19-25(21)30(40)33(28(19)38)15-7-12-24(35)36/h3-6,8-11,13,19,21-22,25-26,37H,7,12,14-16H2,1-2H3,(H,35,36). The Hall–Kier alpha value is -4.47. The first-order valence-corrected chi connectivity index (χ1v) is 14.2. The lowest BCUT2D eigenvalue weighted by molar-refractivity contribution is -0.142. The number of hydrogen-bond acceptors (Lipinski definition) is 7. The van der Waals surface area contributed by atoms with Crippen molar-refractivity contribution in [3.63, 3.8) is 0 Å². The summed E-state index contributed by atoms with van der Waals surface area (Å²) in [6.45, 7) is 1.77. The molecule has 10 heteroatoms. The van der Waals surface area contributed by atoms with Gasteiger partial charge in [0.25, 0.3) is 0 Å². The van der Waals surface area contributed by atoms with Gasteiger partial charge in [-0.3, -0.25) is 28.9 Å². The molecule has 6 rings (SSSR count). The molecule has 0 aromatic heterocycles. The van der Waals surface area contributed by atoms with E-state index in [0.29, 0.717) is 11.3 Å². The van der Waals surface area contributed by atoms with Gasteiger partial charge in [-0.15, -0.1) is 0 Å². The number of carboxylic acids is 1. The van der Waals surface area contributed by atoms with Crippen molar-refractivity contribution in [3.05, 3.63) is 65.7 Å². The number of phenolic OH excluding ortho intramolecular Hbond substituents is 1. The average Bonchev–Trinajstić information content (AvgIpc) is 3.33. The maximum Gasteiger partial charge on any atom is 0.303 e. The van der Waals surface area contributed by atoms with E-state index >= 15 is 0 Å². The number of amides is 4. The van der Waals surface area contributed by atoms with Gasteiger partial charge < -0.3 is 14.9 Å². The molecule has 3 fully saturated rings. The van der Waals surface area contributed by atoms with Crippen molar-refractivity contribution in [2.24, 2.45) is 29.1 Å². The van der Waals surface area contributed by atoms with Crippen LogP contribution in [-0.2, 0) is 24.0 Å². The number of carbonyl (C=O) groups excluding carboxylic acids is 4. The summed E-state index contributed by atoms with van der Waals surface area (Å²) >= 11 is 0. The number of anilines is 1. The highest BCUT2D eigenvalue weighted by Gasteiger charge is 2.67. The third kappa shape index (κ3) is 3.88. The van der Waals surface area contributed by atoms with Crippen LogP contribution in [0.5, 0.6) is 11.5 Å². The summed E-state index contributed by atoms with van der Waals surface area (Å²) in [6.07, 6.45) is 2.36. The number of aromatic hydroxyl groups is 1. The highest BCUT2D eigenvalue weighted by atomic mass is 16.5. The molecule has 10 nitrogen and oxygen atoms in total. The number of carboxylic acid groups (broad SMARTS) is 1. The van der Waals surface area contributed by atoms with Crippen LogP contribution in [0, 0.1) is 29.1 Å². The van der Waals surface area contributed by atoms with Crippen LogP contribution in [0.15, 0.2) is 60.2 Å². The van der Waals surface area contributed by atoms with Crippen molar-refractivity contribution in [3.8, 4) is 11.5 Å². The average molecular weight is 573 g/mol. The van der Waals surface area contributed by atoms with E-state index in [0.717, 1.165) is 5.57 Å². The number of likely N-dealkylation sites (tertiary alicyclic amines) is 1. The Balaban J connectivity index is 1.47. The molecule has 2 N–H and O–H groups in total. The quantitative estimate of drug-likeness (QED) is 0.379. The van der Waals surface area contributed by atoms with Crippen LogP contribution in [-0.4, -0.2) is 58.4 Å². The van der Waals surface area contributed by atoms with Crippen LogP contribution in [0.25, 0.3) is 0 Å². The monoisotopic (exact) mass is 572 g/mol. The Morgan fingerprint density at radius 2 is 1.74 bits per heavy atom. The predicted molar refractivity (Wildman–Crippen MR) is 149 cm³/mol. The lowest BCUT2D eigenvalue weighted by atomic mass is 9.51. The van der Waals surface area contributed by atoms with Gasteiger partial charge in [-0.1, -0.05) is 42.0 Å². The molecular formula is C32H32N2O8. The van der Waals surface area contributed by atoms with Gasteiger partial charge in [-0.05, 0) is 50.3 Å². The van der Waals surface area contributed by atoms with Gasteiger partial charge in [0.15, 0.2) is 11.5 Å². The summed E-state index contributed by atoms with van der Waals surface area (Å²) in [5.74, 6) is -5.86. The number of rotatable bonds is 7. The van der Waals surface area contributed by atoms with Gasteiger partial charge in [0.2, 0.25) is 23.6 Å². The fourth-order valence-corrected chi connectivity index (χ4v) is 7.79. The van der Waals surface area contributed by atoms with E-state index in [1.807, 2.05) is 6.08 Å². The van der Waals surface area contributed by atoms with Gasteiger partial charge in [0, 0.05) is 24.4 Å². The molecule has 6 unspecified atom stereocenters. The summed E-state index contributed by atoms with van der Waals surface area (Å²) in [5.41, 5.74) is 0.340. The van der Waals surface area contributed by atoms with Crippen molar-refractivity contribution in [1.29, 1.82) is 0 Å². The van der Waals surface area contributed by atoms with Crippen LogP contribution in [0.4, 0.5) is 5.69 Å². The summed E-state index contributed by atoms with van der Waals surface area (Å²) < 4.78 is 5.39. The van der Waals surface area contributed by atoms with E-state index in [4.69, 9.17) is 9.84 Å². The first kappa shape index (κ1) is 27.7. The van der Waals surface area contributed by atoms with Crippen LogP contribution in [0.1, 0.15) is 44.1 Å². The molecule has 4 aliphatic rings. The van der Waals surface area contributed by atoms with Crippen LogP contribution in [0.2, 0.25) is 0 Å². The van der Waals surface area contributed by atoms with Crippen molar-refractivity contribution in [2.75, 3.05) is 18.6 Å². The van der Waals surface area contributed by atoms with Gasteiger partial charge in [-0.25, -0.2) is 4.90 Å². The van der Waals surface area contributed by atoms with Gasteiger partial charge in [0.05, 0.1) is 36.0 Å². The Morgan fingerprint density at radius 1 is 1.00 bits per heavy atom. The third-order valence-electron chi connectivity index (χ3n) is 9.71. The van der Waals surface area contributed by atoms with E-state index < -0.39 is 41.0 Å². The minimum Gasteiger partial charge on any atom is -0.504 e. The molecule has 2 aromatic carbocycles. The number of aliphatic carboxylic acids is 1. The van der Waals surface area contributed by atoms with E-state index in [1.165, 1.54) is 16.9 Å². The maximum absolute atomic E-state index is 14.4. The number of methoxy groups -OCH3 is 1. The van der Waals surface area contributed by atoms with Crippen LogP contribution >= 0.6 is 0 Å². The zero-order chi connectivity index (χ0) is 29.9. The molecule has 2 aromatic rings. The number of nitrogens with zero attached hydrogens (tertiary/aromatic N) is 2. The second-order valence-corrected chi connectivity index (χ2v) is 11.7. The smallest absolute Gasteiger partial charge is 0.303 e. The van der Waals surface area contributed by atoms with Crippen LogP contribution < -0.4 is 9.64 Å². The molecular weight excluding hydrogens is 540 g/mol. The number of carbonyl (C=O) groups is 5. The molecule has 0 radical (unpaired) electrons. The molecule has 2 aliphatic heterocycles. The van der Waals surface area contributed by atoms with Crippen molar-refractivity contribution in [2.45, 2.75) is 38.5 Å². The zero-order valence-electron chi connectivity index (χ0n) is 23.4. The predicted octanol–water partition coefficient (Wildman–Crippen LogP) is 3.50. The van der Waals surface area contributed by atoms with E-state index in [-0.39, 0.29) is 67.4 Å². The Labute approximate surface area is 242 Å². The Kier molecular flexibility index (Phi) is 6.67. The molecule has 6 atom stereocenters. The summed E-state index contributed by atoms with van der Waals surface area (Å²) in [4.78, 5) is 69.1. The molecule has 2 aliphatic carbocycles. The number of hydrogen-bond donors (Lipinski definition) is 2. The third-order valence-corrected chi connectivity index (χ3v) is 9.71. The first-order valence-electron chi connectivity index (χ1n) is 14.2. The van der Waals surface area contributed by atoms with E-state index in [2.05, 4.69) is 0 Å². The fourth-order valence-electron chi connectivity index (χ4n) is 7.79.